The van der Waals surface area contributed by atoms with E-state index in [2.05, 4.69) is 20.3 Å². The minimum absolute atomic E-state index is 0.0490. The van der Waals surface area contributed by atoms with Crippen molar-refractivity contribution in [1.29, 1.82) is 0 Å². The molecule has 1 aliphatic rings. The Morgan fingerprint density at radius 2 is 2.00 bits per heavy atom. The monoisotopic (exact) mass is 509 g/mol. The molecule has 2 aromatic heterocycles. The van der Waals surface area contributed by atoms with Crippen LogP contribution in [-0.4, -0.2) is 59.9 Å². The molecule has 35 heavy (non-hydrogen) atoms. The molecule has 0 saturated heterocycles. The second kappa shape index (κ2) is 10.5. The van der Waals surface area contributed by atoms with E-state index < -0.39 is 29.1 Å². The first-order chi connectivity index (χ1) is 16.8. The minimum Gasteiger partial charge on any atom is -0.492 e. The van der Waals surface area contributed by atoms with Crippen molar-refractivity contribution in [2.75, 3.05) is 12.9 Å². The van der Waals surface area contributed by atoms with Crippen molar-refractivity contribution in [1.82, 2.24) is 24.8 Å². The summed E-state index contributed by atoms with van der Waals surface area (Å²) in [5.41, 5.74) is 0.609. The molecular weight excluding hydrogens is 484 g/mol. The van der Waals surface area contributed by atoms with E-state index in [1.165, 1.54) is 16.9 Å². The number of alkyl halides is 2. The third kappa shape index (κ3) is 5.50. The van der Waals surface area contributed by atoms with E-state index in [0.29, 0.717) is 43.6 Å². The van der Waals surface area contributed by atoms with Crippen LogP contribution in [0.15, 0.2) is 29.4 Å². The van der Waals surface area contributed by atoms with Gasteiger partial charge in [-0.15, -0.1) is 0 Å². The van der Waals surface area contributed by atoms with Crippen molar-refractivity contribution < 1.29 is 32.4 Å². The number of carbonyl (C=O) groups is 1. The zero-order valence-electron chi connectivity index (χ0n) is 19.1. The average Bonchev–Trinajstić information content (AvgIpc) is 3.21. The number of rotatable bonds is 8. The predicted octanol–water partition coefficient (Wildman–Crippen LogP) is 3.85. The number of benzene rings is 1. The summed E-state index contributed by atoms with van der Waals surface area (Å²) in [6.07, 6.45) is -0.540. The number of amides is 1. The number of hydrogen-bond donors (Lipinski definition) is 2. The number of imidazole rings is 1. The quantitative estimate of drug-likeness (QED) is 0.438. The molecule has 1 amide bonds. The van der Waals surface area contributed by atoms with E-state index in [0.717, 1.165) is 0 Å². The van der Waals surface area contributed by atoms with E-state index >= 15 is 0 Å². The molecular formula is C22H25F2N5O5S. The zero-order valence-corrected chi connectivity index (χ0v) is 19.9. The van der Waals surface area contributed by atoms with Gasteiger partial charge in [0.2, 0.25) is 11.0 Å². The fourth-order valence-corrected chi connectivity index (χ4v) is 4.56. The van der Waals surface area contributed by atoms with Gasteiger partial charge in [0, 0.05) is 18.4 Å². The molecule has 2 heterocycles. The first kappa shape index (κ1) is 24.8. The number of nitrogens with zero attached hydrogens (tertiary/aromatic N) is 4. The predicted molar refractivity (Wildman–Crippen MR) is 123 cm³/mol. The van der Waals surface area contributed by atoms with Crippen LogP contribution >= 0.6 is 0 Å². The van der Waals surface area contributed by atoms with Gasteiger partial charge < -0.3 is 19.9 Å². The molecule has 1 aromatic carbocycles. The summed E-state index contributed by atoms with van der Waals surface area (Å²) in [5, 5.41) is 11.3. The third-order valence-corrected chi connectivity index (χ3v) is 6.31. The molecule has 0 spiro atoms. The molecule has 13 heteroatoms. The number of hydrogen-bond acceptors (Lipinski definition) is 7. The van der Waals surface area contributed by atoms with Gasteiger partial charge in [-0.3, -0.25) is 8.78 Å². The number of ether oxygens (including phenoxy) is 2. The van der Waals surface area contributed by atoms with Crippen molar-refractivity contribution in [3.63, 3.8) is 0 Å². The molecule has 10 nitrogen and oxygen atoms in total. The van der Waals surface area contributed by atoms with E-state index in [9.17, 15) is 17.8 Å². The topological polar surface area (TPSA) is 128 Å². The van der Waals surface area contributed by atoms with Crippen molar-refractivity contribution in [2.45, 2.75) is 56.3 Å². The fraction of sp³-hybridized carbons (Fsp3) is 0.455. The Morgan fingerprint density at radius 3 is 2.63 bits per heavy atom. The lowest BCUT2D eigenvalue weighted by molar-refractivity contribution is 0.128. The summed E-state index contributed by atoms with van der Waals surface area (Å²) in [5.74, 6) is -0.0298. The summed E-state index contributed by atoms with van der Waals surface area (Å²) in [6, 6.07) is 6.20. The largest absolute Gasteiger partial charge is 0.492 e. The molecule has 1 atom stereocenters. The highest BCUT2D eigenvalue weighted by Gasteiger charge is 2.27. The normalized spacial score (nSPS) is 19.0. The van der Waals surface area contributed by atoms with Crippen molar-refractivity contribution in [3.05, 3.63) is 30.1 Å². The van der Waals surface area contributed by atoms with Gasteiger partial charge >= 0.3 is 6.09 Å². The summed E-state index contributed by atoms with van der Waals surface area (Å²) in [4.78, 5) is 23.5. The van der Waals surface area contributed by atoms with E-state index in [-0.39, 0.29) is 34.5 Å². The highest BCUT2D eigenvalue weighted by molar-refractivity contribution is 7.84. The second-order valence-electron chi connectivity index (χ2n) is 8.01. The first-order valence-corrected chi connectivity index (χ1v) is 12.6. The SMILES string of the molecule is CCOc1cccc2c1nc(C(F)F)n2-c1cc(OC2CCC(NC(=O)O)CC2)nc(S(C)=O)n1. The van der Waals surface area contributed by atoms with Gasteiger partial charge in [0.05, 0.1) is 22.9 Å². The molecule has 2 N–H and O–H groups in total. The Hall–Kier alpha value is -3.35. The van der Waals surface area contributed by atoms with Gasteiger partial charge in [0.1, 0.15) is 23.2 Å². The summed E-state index contributed by atoms with van der Waals surface area (Å²) in [7, 11) is -1.61. The maximum absolute atomic E-state index is 14.0. The molecule has 188 valence electrons. The van der Waals surface area contributed by atoms with Crippen LogP contribution in [0, 0.1) is 0 Å². The molecule has 0 bridgehead atoms. The Balaban J connectivity index is 1.72. The lowest BCUT2D eigenvalue weighted by Gasteiger charge is -2.28. The van der Waals surface area contributed by atoms with Gasteiger partial charge in [-0.2, -0.15) is 4.98 Å². The van der Waals surface area contributed by atoms with Gasteiger partial charge in [-0.05, 0) is 44.7 Å². The number of nitrogens with one attached hydrogen (secondary N) is 1. The number of para-hydroxylation sites is 1. The zero-order chi connectivity index (χ0) is 25.1. The molecule has 1 aliphatic carbocycles. The Morgan fingerprint density at radius 1 is 1.26 bits per heavy atom. The maximum atomic E-state index is 14.0. The van der Waals surface area contributed by atoms with Crippen LogP contribution in [0.25, 0.3) is 16.9 Å². The smallest absolute Gasteiger partial charge is 0.404 e. The fourth-order valence-electron chi connectivity index (χ4n) is 4.12. The summed E-state index contributed by atoms with van der Waals surface area (Å²) >= 11 is 0. The van der Waals surface area contributed by atoms with Crippen LogP contribution in [-0.2, 0) is 10.8 Å². The summed E-state index contributed by atoms with van der Waals surface area (Å²) < 4.78 is 53.1. The van der Waals surface area contributed by atoms with Gasteiger partial charge in [-0.25, -0.2) is 23.5 Å². The lowest BCUT2D eigenvalue weighted by Crippen LogP contribution is -2.39. The van der Waals surface area contributed by atoms with Crippen LogP contribution in [0.1, 0.15) is 44.9 Å². The summed E-state index contributed by atoms with van der Waals surface area (Å²) in [6.45, 7) is 2.12. The maximum Gasteiger partial charge on any atom is 0.404 e. The molecule has 1 fully saturated rings. The highest BCUT2D eigenvalue weighted by atomic mass is 32.2. The number of aromatic nitrogens is 4. The Kier molecular flexibility index (Phi) is 7.43. The van der Waals surface area contributed by atoms with E-state index in [1.54, 1.807) is 25.1 Å². The Bertz CT molecular complexity index is 1250. The third-order valence-electron chi connectivity index (χ3n) is 5.61. The molecule has 4 rings (SSSR count). The standard InChI is InChI=1S/C22H25F2N5O5S/c1-3-33-15-6-4-5-14-18(15)28-20(19(23)24)29(14)16-11-17(27-21(26-16)35(2)32)34-13-9-7-12(8-10-13)25-22(30)31/h4-6,11-13,19,25H,3,7-10H2,1-2H3,(H,30,31). The average molecular weight is 510 g/mol. The number of fused-ring (bicyclic) bond motifs is 1. The van der Waals surface area contributed by atoms with Gasteiger partial charge in [-0.1, -0.05) is 6.07 Å². The second-order valence-corrected chi connectivity index (χ2v) is 9.28. The molecule has 1 unspecified atom stereocenters. The minimum atomic E-state index is -2.91. The Labute approximate surface area is 202 Å². The molecule has 0 radical (unpaired) electrons. The van der Waals surface area contributed by atoms with Crippen molar-refractivity contribution in [3.8, 4) is 17.4 Å². The van der Waals surface area contributed by atoms with Crippen LogP contribution in [0.2, 0.25) is 0 Å². The first-order valence-electron chi connectivity index (χ1n) is 11.1. The van der Waals surface area contributed by atoms with E-state index in [1.807, 2.05) is 0 Å². The van der Waals surface area contributed by atoms with E-state index in [4.69, 9.17) is 14.6 Å². The molecule has 1 saturated carbocycles. The van der Waals surface area contributed by atoms with Crippen LogP contribution in [0.4, 0.5) is 13.6 Å². The van der Waals surface area contributed by atoms with Gasteiger partial charge in [0.25, 0.3) is 6.43 Å². The molecule has 3 aromatic rings. The highest BCUT2D eigenvalue weighted by Crippen LogP contribution is 2.33. The van der Waals surface area contributed by atoms with Crippen molar-refractivity contribution >= 4 is 27.9 Å². The van der Waals surface area contributed by atoms with Crippen LogP contribution in [0.5, 0.6) is 11.6 Å². The van der Waals surface area contributed by atoms with Gasteiger partial charge in [0.15, 0.2) is 5.82 Å². The lowest BCUT2D eigenvalue weighted by atomic mass is 9.93. The van der Waals surface area contributed by atoms with Crippen LogP contribution < -0.4 is 14.8 Å². The van der Waals surface area contributed by atoms with Crippen molar-refractivity contribution in [2.24, 2.45) is 0 Å². The number of carboxylic acid groups (broad SMARTS) is 1. The number of halogens is 2. The van der Waals surface area contributed by atoms with Crippen LogP contribution in [0.3, 0.4) is 0 Å². The molecule has 0 aliphatic heterocycles.